The van der Waals surface area contributed by atoms with Crippen molar-refractivity contribution in [3.63, 3.8) is 0 Å². The number of rotatable bonds is 8. The maximum Gasteiger partial charge on any atom is 0.317 e. The minimum Gasteiger partial charge on any atom is -0.480 e. The number of carbonyl (C=O) groups is 1. The molecule has 0 radical (unpaired) electrons. The standard InChI is InChI=1S/C13H18ClNO2S/c1-2-7-15(10-13(16)17)8-9-18-12-5-3-11(14)4-6-12/h3-6H,2,7-10H2,1H3,(H,16,17). The van der Waals surface area contributed by atoms with Gasteiger partial charge < -0.3 is 5.11 Å². The van der Waals surface area contributed by atoms with Crippen molar-refractivity contribution >= 4 is 29.3 Å². The number of aliphatic carboxylic acids is 1. The van der Waals surface area contributed by atoms with Gasteiger partial charge in [-0.2, -0.15) is 0 Å². The minimum atomic E-state index is -0.764. The van der Waals surface area contributed by atoms with Crippen LogP contribution in [0.1, 0.15) is 13.3 Å². The molecule has 5 heteroatoms. The number of nitrogens with zero attached hydrogens (tertiary/aromatic N) is 1. The third kappa shape index (κ3) is 6.28. The van der Waals surface area contributed by atoms with Gasteiger partial charge in [-0.05, 0) is 37.2 Å². The van der Waals surface area contributed by atoms with Gasteiger partial charge in [0.15, 0.2) is 0 Å². The number of carboxylic acid groups (broad SMARTS) is 1. The summed E-state index contributed by atoms with van der Waals surface area (Å²) in [5, 5.41) is 9.53. The van der Waals surface area contributed by atoms with Crippen LogP contribution in [0.25, 0.3) is 0 Å². The van der Waals surface area contributed by atoms with Gasteiger partial charge in [-0.3, -0.25) is 9.69 Å². The van der Waals surface area contributed by atoms with E-state index in [0.29, 0.717) is 0 Å². The molecule has 0 spiro atoms. The number of halogens is 1. The van der Waals surface area contributed by atoms with E-state index in [1.165, 1.54) is 0 Å². The summed E-state index contributed by atoms with van der Waals surface area (Å²) in [6.45, 7) is 3.79. The van der Waals surface area contributed by atoms with E-state index < -0.39 is 5.97 Å². The summed E-state index contributed by atoms with van der Waals surface area (Å²) in [4.78, 5) is 13.8. The van der Waals surface area contributed by atoms with Gasteiger partial charge in [0.05, 0.1) is 6.54 Å². The van der Waals surface area contributed by atoms with Gasteiger partial charge in [0.25, 0.3) is 0 Å². The van der Waals surface area contributed by atoms with E-state index in [2.05, 4.69) is 6.92 Å². The van der Waals surface area contributed by atoms with E-state index >= 15 is 0 Å². The molecule has 1 aromatic rings. The topological polar surface area (TPSA) is 40.5 Å². The van der Waals surface area contributed by atoms with Crippen LogP contribution in [0.2, 0.25) is 5.02 Å². The summed E-state index contributed by atoms with van der Waals surface area (Å²) in [7, 11) is 0. The van der Waals surface area contributed by atoms with Crippen LogP contribution in [-0.4, -0.2) is 41.4 Å². The summed E-state index contributed by atoms with van der Waals surface area (Å²) >= 11 is 7.53. The lowest BCUT2D eigenvalue weighted by Gasteiger charge is -2.18. The van der Waals surface area contributed by atoms with Crippen molar-refractivity contribution in [2.75, 3.05) is 25.4 Å². The van der Waals surface area contributed by atoms with Gasteiger partial charge >= 0.3 is 5.97 Å². The van der Waals surface area contributed by atoms with Crippen LogP contribution in [0, 0.1) is 0 Å². The lowest BCUT2D eigenvalue weighted by atomic mass is 10.4. The first-order chi connectivity index (χ1) is 8.61. The predicted octanol–water partition coefficient (Wildman–Crippen LogP) is 3.23. The highest BCUT2D eigenvalue weighted by atomic mass is 35.5. The Kier molecular flexibility index (Phi) is 7.16. The summed E-state index contributed by atoms with van der Waals surface area (Å²) < 4.78 is 0. The molecule has 0 aliphatic heterocycles. The zero-order chi connectivity index (χ0) is 13.4. The van der Waals surface area contributed by atoms with Gasteiger partial charge in [-0.1, -0.05) is 18.5 Å². The molecule has 0 saturated carbocycles. The minimum absolute atomic E-state index is 0.120. The molecule has 0 heterocycles. The van der Waals surface area contributed by atoms with Gasteiger partial charge in [0.2, 0.25) is 0 Å². The quantitative estimate of drug-likeness (QED) is 0.745. The number of hydrogen-bond donors (Lipinski definition) is 1. The Morgan fingerprint density at radius 1 is 1.33 bits per heavy atom. The molecule has 1 N–H and O–H groups in total. The molecule has 0 aromatic heterocycles. The van der Waals surface area contributed by atoms with E-state index in [0.717, 1.165) is 35.2 Å². The fraction of sp³-hybridized carbons (Fsp3) is 0.462. The molecular formula is C13H18ClNO2S. The van der Waals surface area contributed by atoms with Crippen LogP contribution in [0.5, 0.6) is 0 Å². The first-order valence-electron chi connectivity index (χ1n) is 5.94. The molecule has 0 saturated heterocycles. The van der Waals surface area contributed by atoms with Crippen molar-refractivity contribution in [3.05, 3.63) is 29.3 Å². The second kappa shape index (κ2) is 8.40. The largest absolute Gasteiger partial charge is 0.480 e. The normalized spacial score (nSPS) is 10.8. The summed E-state index contributed by atoms with van der Waals surface area (Å²) in [6, 6.07) is 7.69. The van der Waals surface area contributed by atoms with Crippen molar-refractivity contribution in [2.24, 2.45) is 0 Å². The highest BCUT2D eigenvalue weighted by Gasteiger charge is 2.08. The maximum absolute atomic E-state index is 10.7. The number of hydrogen-bond acceptors (Lipinski definition) is 3. The third-order valence-electron chi connectivity index (χ3n) is 2.39. The van der Waals surface area contributed by atoms with E-state index in [1.54, 1.807) is 11.8 Å². The molecular weight excluding hydrogens is 270 g/mol. The third-order valence-corrected chi connectivity index (χ3v) is 3.63. The van der Waals surface area contributed by atoms with Gasteiger partial charge in [0.1, 0.15) is 0 Å². The molecule has 0 aliphatic carbocycles. The number of carboxylic acids is 1. The molecule has 0 amide bonds. The number of thioether (sulfide) groups is 1. The van der Waals surface area contributed by atoms with Gasteiger partial charge in [0, 0.05) is 22.2 Å². The molecule has 3 nitrogen and oxygen atoms in total. The second-order valence-corrected chi connectivity index (χ2v) is 5.58. The van der Waals surface area contributed by atoms with Gasteiger partial charge in [-0.15, -0.1) is 11.8 Å². The Labute approximate surface area is 117 Å². The fourth-order valence-electron chi connectivity index (χ4n) is 1.60. The Morgan fingerprint density at radius 3 is 2.56 bits per heavy atom. The molecule has 0 aliphatic rings. The van der Waals surface area contributed by atoms with E-state index in [1.807, 2.05) is 29.2 Å². The van der Waals surface area contributed by atoms with E-state index in [4.69, 9.17) is 16.7 Å². The zero-order valence-corrected chi connectivity index (χ0v) is 12.0. The molecule has 0 unspecified atom stereocenters. The Hall–Kier alpha value is -0.710. The molecule has 1 rings (SSSR count). The Balaban J connectivity index is 2.33. The number of benzene rings is 1. The van der Waals surface area contributed by atoms with Crippen molar-refractivity contribution < 1.29 is 9.90 Å². The SMILES string of the molecule is CCCN(CCSc1ccc(Cl)cc1)CC(=O)O. The van der Waals surface area contributed by atoms with Crippen molar-refractivity contribution in [2.45, 2.75) is 18.2 Å². The molecule has 100 valence electrons. The Bertz CT molecular complexity index is 370. The van der Waals surface area contributed by atoms with E-state index in [9.17, 15) is 4.79 Å². The van der Waals surface area contributed by atoms with E-state index in [-0.39, 0.29) is 6.54 Å². The summed E-state index contributed by atoms with van der Waals surface area (Å²) in [5.74, 6) is 0.120. The van der Waals surface area contributed by atoms with Gasteiger partial charge in [-0.25, -0.2) is 0 Å². The highest BCUT2D eigenvalue weighted by molar-refractivity contribution is 7.99. The average molecular weight is 288 g/mol. The first-order valence-corrected chi connectivity index (χ1v) is 7.30. The fourth-order valence-corrected chi connectivity index (χ4v) is 2.64. The predicted molar refractivity (Wildman–Crippen MR) is 76.5 cm³/mol. The maximum atomic E-state index is 10.7. The zero-order valence-electron chi connectivity index (χ0n) is 10.4. The van der Waals surface area contributed by atoms with Crippen LogP contribution in [-0.2, 0) is 4.79 Å². The lowest BCUT2D eigenvalue weighted by molar-refractivity contribution is -0.138. The highest BCUT2D eigenvalue weighted by Crippen LogP contribution is 2.20. The molecule has 1 aromatic carbocycles. The lowest BCUT2D eigenvalue weighted by Crippen LogP contribution is -2.32. The van der Waals surface area contributed by atoms with Crippen LogP contribution >= 0.6 is 23.4 Å². The monoisotopic (exact) mass is 287 g/mol. The van der Waals surface area contributed by atoms with Crippen LogP contribution < -0.4 is 0 Å². The van der Waals surface area contributed by atoms with Crippen molar-refractivity contribution in [3.8, 4) is 0 Å². The first kappa shape index (κ1) is 15.3. The van der Waals surface area contributed by atoms with Crippen LogP contribution in [0.15, 0.2) is 29.2 Å². The Morgan fingerprint density at radius 2 is 2.00 bits per heavy atom. The average Bonchev–Trinajstić information content (AvgIpc) is 2.31. The summed E-state index contributed by atoms with van der Waals surface area (Å²) in [6.07, 6.45) is 0.971. The molecule has 0 bridgehead atoms. The second-order valence-electron chi connectivity index (χ2n) is 3.97. The molecule has 18 heavy (non-hydrogen) atoms. The van der Waals surface area contributed by atoms with Crippen LogP contribution in [0.4, 0.5) is 0 Å². The molecule has 0 fully saturated rings. The molecule has 0 atom stereocenters. The van der Waals surface area contributed by atoms with Crippen molar-refractivity contribution in [1.82, 2.24) is 4.90 Å². The van der Waals surface area contributed by atoms with Crippen LogP contribution in [0.3, 0.4) is 0 Å². The van der Waals surface area contributed by atoms with Crippen molar-refractivity contribution in [1.29, 1.82) is 0 Å². The smallest absolute Gasteiger partial charge is 0.317 e. The summed E-state index contributed by atoms with van der Waals surface area (Å²) in [5.41, 5.74) is 0.